The van der Waals surface area contributed by atoms with Gasteiger partial charge in [-0.2, -0.15) is 0 Å². The summed E-state index contributed by atoms with van der Waals surface area (Å²) in [6, 6.07) is 1.56. The number of hydrogen-bond donors (Lipinski definition) is 2. The van der Waals surface area contributed by atoms with E-state index in [1.54, 1.807) is 20.1 Å². The normalized spacial score (nSPS) is 10.4. The van der Waals surface area contributed by atoms with Crippen LogP contribution in [0.4, 0.5) is 11.5 Å². The molecule has 0 unspecified atom stereocenters. The van der Waals surface area contributed by atoms with Crippen molar-refractivity contribution in [2.24, 2.45) is 0 Å². The monoisotopic (exact) mass is 297 g/mol. The Morgan fingerprint density at radius 2 is 2.19 bits per heavy atom. The van der Waals surface area contributed by atoms with Gasteiger partial charge in [0.2, 0.25) is 0 Å². The first-order valence-corrected chi connectivity index (χ1v) is 6.92. The van der Waals surface area contributed by atoms with Crippen molar-refractivity contribution < 1.29 is 19.0 Å². The number of carbonyl (C=O) groups is 1. The number of carbonyl (C=O) groups excluding carboxylic acids is 1. The molecule has 0 atom stereocenters. The average molecular weight is 297 g/mol. The molecular formula is C14H23N3O4. The van der Waals surface area contributed by atoms with Crippen LogP contribution in [-0.2, 0) is 14.2 Å². The lowest BCUT2D eigenvalue weighted by atomic mass is 10.2. The fraction of sp³-hybridized carbons (Fsp3) is 0.571. The highest BCUT2D eigenvalue weighted by molar-refractivity contribution is 5.95. The van der Waals surface area contributed by atoms with Gasteiger partial charge in [0.05, 0.1) is 31.7 Å². The molecule has 0 aliphatic heterocycles. The van der Waals surface area contributed by atoms with Crippen LogP contribution in [0.5, 0.6) is 0 Å². The van der Waals surface area contributed by atoms with Crippen LogP contribution in [0.15, 0.2) is 12.3 Å². The lowest BCUT2D eigenvalue weighted by Gasteiger charge is -2.11. The number of nitrogen functional groups attached to an aromatic ring is 1. The maximum absolute atomic E-state index is 11.8. The summed E-state index contributed by atoms with van der Waals surface area (Å²) in [6.45, 7) is 4.46. The summed E-state index contributed by atoms with van der Waals surface area (Å²) in [6.07, 6.45) is 2.29. The van der Waals surface area contributed by atoms with E-state index >= 15 is 0 Å². The van der Waals surface area contributed by atoms with Gasteiger partial charge in [-0.15, -0.1) is 0 Å². The molecule has 0 fully saturated rings. The van der Waals surface area contributed by atoms with Crippen LogP contribution in [0.25, 0.3) is 0 Å². The number of methoxy groups -OCH3 is 1. The smallest absolute Gasteiger partial charge is 0.341 e. The molecule has 3 N–H and O–H groups in total. The SMILES string of the molecule is CCOC(=O)c1cc(N)cnc1NCCCOCCOC. The van der Waals surface area contributed by atoms with Crippen molar-refractivity contribution in [2.75, 3.05) is 51.1 Å². The van der Waals surface area contributed by atoms with E-state index in [1.807, 2.05) is 0 Å². The highest BCUT2D eigenvalue weighted by Gasteiger charge is 2.14. The maximum Gasteiger partial charge on any atom is 0.341 e. The summed E-state index contributed by atoms with van der Waals surface area (Å²) in [7, 11) is 1.63. The van der Waals surface area contributed by atoms with Gasteiger partial charge in [0.25, 0.3) is 0 Å². The lowest BCUT2D eigenvalue weighted by molar-refractivity contribution is 0.0527. The number of esters is 1. The number of nitrogens with one attached hydrogen (secondary N) is 1. The lowest BCUT2D eigenvalue weighted by Crippen LogP contribution is -2.14. The Labute approximate surface area is 124 Å². The van der Waals surface area contributed by atoms with Crippen molar-refractivity contribution in [1.82, 2.24) is 4.98 Å². The molecule has 0 aliphatic rings. The molecule has 7 nitrogen and oxygen atoms in total. The predicted molar refractivity (Wildman–Crippen MR) is 80.4 cm³/mol. The van der Waals surface area contributed by atoms with Gasteiger partial charge >= 0.3 is 5.97 Å². The largest absolute Gasteiger partial charge is 0.462 e. The van der Waals surface area contributed by atoms with E-state index in [1.165, 1.54) is 6.20 Å². The zero-order chi connectivity index (χ0) is 15.5. The molecule has 1 aromatic rings. The van der Waals surface area contributed by atoms with E-state index in [9.17, 15) is 4.79 Å². The predicted octanol–water partition coefficient (Wildman–Crippen LogP) is 1.31. The highest BCUT2D eigenvalue weighted by Crippen LogP contribution is 2.16. The Hall–Kier alpha value is -1.86. The summed E-state index contributed by atoms with van der Waals surface area (Å²) >= 11 is 0. The van der Waals surface area contributed by atoms with E-state index in [2.05, 4.69) is 10.3 Å². The van der Waals surface area contributed by atoms with Crippen LogP contribution in [0, 0.1) is 0 Å². The minimum atomic E-state index is -0.434. The number of hydrogen-bond acceptors (Lipinski definition) is 7. The molecule has 21 heavy (non-hydrogen) atoms. The summed E-state index contributed by atoms with van der Waals surface area (Å²) in [5, 5.41) is 3.09. The molecule has 0 saturated heterocycles. The highest BCUT2D eigenvalue weighted by atomic mass is 16.5. The van der Waals surface area contributed by atoms with Crippen molar-refractivity contribution in [3.63, 3.8) is 0 Å². The Kier molecular flexibility index (Phi) is 8.15. The van der Waals surface area contributed by atoms with E-state index in [0.717, 1.165) is 6.42 Å². The summed E-state index contributed by atoms with van der Waals surface area (Å²) < 4.78 is 15.2. The van der Waals surface area contributed by atoms with Crippen molar-refractivity contribution >= 4 is 17.5 Å². The van der Waals surface area contributed by atoms with Crippen molar-refractivity contribution in [1.29, 1.82) is 0 Å². The third kappa shape index (κ3) is 6.42. The van der Waals surface area contributed by atoms with Crippen LogP contribution in [0.3, 0.4) is 0 Å². The Morgan fingerprint density at radius 1 is 1.38 bits per heavy atom. The van der Waals surface area contributed by atoms with Gasteiger partial charge in [-0.3, -0.25) is 0 Å². The molecule has 118 valence electrons. The quantitative estimate of drug-likeness (QED) is 0.496. The van der Waals surface area contributed by atoms with Crippen LogP contribution in [-0.4, -0.2) is 51.0 Å². The summed E-state index contributed by atoms with van der Waals surface area (Å²) in [5.41, 5.74) is 6.42. The molecule has 0 radical (unpaired) electrons. The second-order valence-electron chi connectivity index (χ2n) is 4.27. The second kappa shape index (κ2) is 9.95. The van der Waals surface area contributed by atoms with Gasteiger partial charge in [0.1, 0.15) is 11.4 Å². The number of nitrogens with two attached hydrogens (primary N) is 1. The van der Waals surface area contributed by atoms with Crippen molar-refractivity contribution in [3.8, 4) is 0 Å². The van der Waals surface area contributed by atoms with Crippen molar-refractivity contribution in [2.45, 2.75) is 13.3 Å². The summed E-state index contributed by atoms with van der Waals surface area (Å²) in [4.78, 5) is 16.0. The van der Waals surface area contributed by atoms with Gasteiger partial charge in [-0.1, -0.05) is 0 Å². The zero-order valence-corrected chi connectivity index (χ0v) is 12.6. The van der Waals surface area contributed by atoms with Crippen LogP contribution in [0.1, 0.15) is 23.7 Å². The molecule has 7 heteroatoms. The summed E-state index contributed by atoms with van der Waals surface area (Å²) in [5.74, 6) is 0.0377. The average Bonchev–Trinajstić information content (AvgIpc) is 2.47. The standard InChI is InChI=1S/C14H23N3O4/c1-3-21-14(18)12-9-11(15)10-17-13(12)16-5-4-6-20-8-7-19-2/h9-10H,3-8,15H2,1-2H3,(H,16,17). The zero-order valence-electron chi connectivity index (χ0n) is 12.6. The van der Waals surface area contributed by atoms with E-state index in [-0.39, 0.29) is 0 Å². The van der Waals surface area contributed by atoms with Crippen LogP contribution < -0.4 is 11.1 Å². The van der Waals surface area contributed by atoms with Gasteiger partial charge < -0.3 is 25.3 Å². The van der Waals surface area contributed by atoms with Gasteiger partial charge in [0.15, 0.2) is 0 Å². The number of aromatic nitrogens is 1. The third-order valence-corrected chi connectivity index (χ3v) is 2.59. The third-order valence-electron chi connectivity index (χ3n) is 2.59. The molecule has 1 rings (SSSR count). The van der Waals surface area contributed by atoms with E-state index < -0.39 is 5.97 Å². The van der Waals surface area contributed by atoms with E-state index in [0.29, 0.717) is 50.0 Å². The van der Waals surface area contributed by atoms with Crippen LogP contribution >= 0.6 is 0 Å². The number of nitrogens with zero attached hydrogens (tertiary/aromatic N) is 1. The second-order valence-corrected chi connectivity index (χ2v) is 4.27. The van der Waals surface area contributed by atoms with Gasteiger partial charge in [-0.05, 0) is 19.4 Å². The first-order chi connectivity index (χ1) is 10.2. The minimum Gasteiger partial charge on any atom is -0.462 e. The fourth-order valence-corrected chi connectivity index (χ4v) is 1.61. The molecule has 0 bridgehead atoms. The van der Waals surface area contributed by atoms with Crippen molar-refractivity contribution in [3.05, 3.63) is 17.8 Å². The number of pyridine rings is 1. The molecule has 1 aromatic heterocycles. The number of anilines is 2. The molecule has 1 heterocycles. The molecule has 0 saturated carbocycles. The first-order valence-electron chi connectivity index (χ1n) is 6.92. The van der Waals surface area contributed by atoms with E-state index in [4.69, 9.17) is 19.9 Å². The molecule has 0 aromatic carbocycles. The topological polar surface area (TPSA) is 95.7 Å². The first kappa shape index (κ1) is 17.2. The van der Waals surface area contributed by atoms with Gasteiger partial charge in [-0.25, -0.2) is 9.78 Å². The molecule has 0 spiro atoms. The Morgan fingerprint density at radius 3 is 2.90 bits per heavy atom. The number of ether oxygens (including phenoxy) is 3. The Bertz CT molecular complexity index is 440. The molecule has 0 aliphatic carbocycles. The fourth-order valence-electron chi connectivity index (χ4n) is 1.61. The van der Waals surface area contributed by atoms with Crippen LogP contribution in [0.2, 0.25) is 0 Å². The number of rotatable bonds is 10. The Balaban J connectivity index is 2.45. The molecular weight excluding hydrogens is 274 g/mol. The van der Waals surface area contributed by atoms with Gasteiger partial charge in [0, 0.05) is 20.3 Å². The maximum atomic E-state index is 11.8. The molecule has 0 amide bonds. The minimum absolute atomic E-state index is 0.306.